The fourth-order valence-electron chi connectivity index (χ4n) is 3.62. The van der Waals surface area contributed by atoms with Crippen molar-refractivity contribution in [3.63, 3.8) is 0 Å². The number of carbonyl (C=O) groups is 1. The Morgan fingerprint density at radius 1 is 1.35 bits per heavy atom. The van der Waals surface area contributed by atoms with Crippen LogP contribution < -0.4 is 5.32 Å². The summed E-state index contributed by atoms with van der Waals surface area (Å²) in [6.45, 7) is 6.60. The molecule has 0 aromatic heterocycles. The highest BCUT2D eigenvalue weighted by Gasteiger charge is 2.32. The Morgan fingerprint density at radius 2 is 2.12 bits per heavy atom. The van der Waals surface area contributed by atoms with E-state index in [9.17, 15) is 14.9 Å². The summed E-state index contributed by atoms with van der Waals surface area (Å²) in [6, 6.07) is 4.82. The first-order valence-electron chi connectivity index (χ1n) is 8.99. The largest absolute Gasteiger partial charge is 0.381 e. The summed E-state index contributed by atoms with van der Waals surface area (Å²) in [4.78, 5) is 24.8. The standard InChI is InChI=1S/C18H25N3O5/c1-13(22)14-2-3-16(17(10-14)21(23)24)19-11-18(15-4-7-26-12-15)20-5-8-25-9-6-20/h2-3,10,15,18-19H,4-9,11-12H2,1H3/t15-,18+/m1/s1. The van der Waals surface area contributed by atoms with Crippen LogP contribution in [0.5, 0.6) is 0 Å². The maximum absolute atomic E-state index is 11.5. The van der Waals surface area contributed by atoms with E-state index in [0.717, 1.165) is 32.7 Å². The van der Waals surface area contributed by atoms with Crippen LogP contribution in [0.25, 0.3) is 0 Å². The minimum atomic E-state index is -0.447. The van der Waals surface area contributed by atoms with E-state index in [0.29, 0.717) is 36.9 Å². The number of nitro groups is 1. The summed E-state index contributed by atoms with van der Waals surface area (Å²) in [5, 5.41) is 14.7. The van der Waals surface area contributed by atoms with Gasteiger partial charge in [-0.1, -0.05) is 0 Å². The smallest absolute Gasteiger partial charge is 0.293 e. The lowest BCUT2D eigenvalue weighted by Gasteiger charge is -2.37. The highest BCUT2D eigenvalue weighted by atomic mass is 16.6. The van der Waals surface area contributed by atoms with Crippen molar-refractivity contribution in [1.82, 2.24) is 4.90 Å². The molecule has 2 heterocycles. The molecule has 0 unspecified atom stereocenters. The summed E-state index contributed by atoms with van der Waals surface area (Å²) in [7, 11) is 0. The van der Waals surface area contributed by atoms with E-state index in [2.05, 4.69) is 10.2 Å². The molecule has 26 heavy (non-hydrogen) atoms. The maximum atomic E-state index is 11.5. The second-order valence-corrected chi connectivity index (χ2v) is 6.77. The first kappa shape index (κ1) is 18.8. The Bertz CT molecular complexity index is 654. The summed E-state index contributed by atoms with van der Waals surface area (Å²) >= 11 is 0. The van der Waals surface area contributed by atoms with Gasteiger partial charge in [-0.3, -0.25) is 19.8 Å². The zero-order chi connectivity index (χ0) is 18.5. The number of morpholine rings is 1. The van der Waals surface area contributed by atoms with Gasteiger partial charge >= 0.3 is 0 Å². The number of Topliss-reactive ketones (excluding diaryl/α,β-unsaturated/α-hetero) is 1. The van der Waals surface area contributed by atoms with Gasteiger partial charge in [0.15, 0.2) is 5.78 Å². The lowest BCUT2D eigenvalue weighted by Crippen LogP contribution is -2.50. The van der Waals surface area contributed by atoms with E-state index in [-0.39, 0.29) is 17.5 Å². The molecule has 3 rings (SSSR count). The van der Waals surface area contributed by atoms with E-state index < -0.39 is 4.92 Å². The van der Waals surface area contributed by atoms with Crippen LogP contribution in [0.4, 0.5) is 11.4 Å². The minimum absolute atomic E-state index is 0.0684. The molecule has 2 atom stereocenters. The lowest BCUT2D eigenvalue weighted by atomic mass is 9.96. The van der Waals surface area contributed by atoms with Crippen molar-refractivity contribution in [2.45, 2.75) is 19.4 Å². The van der Waals surface area contributed by atoms with Crippen molar-refractivity contribution < 1.29 is 19.2 Å². The van der Waals surface area contributed by atoms with E-state index in [1.54, 1.807) is 12.1 Å². The molecule has 0 aliphatic carbocycles. The molecule has 0 spiro atoms. The SMILES string of the molecule is CC(=O)c1ccc(NC[C@@H]([C@@H]2CCOC2)N2CCOCC2)c([N+](=O)[O-])c1. The average Bonchev–Trinajstić information content (AvgIpc) is 3.17. The first-order valence-corrected chi connectivity index (χ1v) is 8.99. The number of carbonyl (C=O) groups excluding carboxylic acids is 1. The molecule has 8 heteroatoms. The van der Waals surface area contributed by atoms with Crippen LogP contribution in [0.1, 0.15) is 23.7 Å². The number of ether oxygens (including phenoxy) is 2. The molecule has 2 fully saturated rings. The Balaban J connectivity index is 1.75. The summed E-state index contributed by atoms with van der Waals surface area (Å²) < 4.78 is 11.0. The van der Waals surface area contributed by atoms with Crippen molar-refractivity contribution in [3.8, 4) is 0 Å². The number of anilines is 1. The molecule has 142 valence electrons. The van der Waals surface area contributed by atoms with Crippen LogP contribution >= 0.6 is 0 Å². The van der Waals surface area contributed by atoms with Gasteiger partial charge in [-0.15, -0.1) is 0 Å². The number of hydrogen-bond donors (Lipinski definition) is 1. The molecule has 0 radical (unpaired) electrons. The first-order chi connectivity index (χ1) is 12.6. The molecule has 0 saturated carbocycles. The molecule has 0 bridgehead atoms. The van der Waals surface area contributed by atoms with E-state index in [1.807, 2.05) is 0 Å². The second-order valence-electron chi connectivity index (χ2n) is 6.77. The highest BCUT2D eigenvalue weighted by molar-refractivity contribution is 5.95. The van der Waals surface area contributed by atoms with E-state index in [1.165, 1.54) is 13.0 Å². The molecule has 2 saturated heterocycles. The minimum Gasteiger partial charge on any atom is -0.381 e. The number of nitro benzene ring substituents is 1. The maximum Gasteiger partial charge on any atom is 0.293 e. The van der Waals surface area contributed by atoms with Crippen LogP contribution in [0, 0.1) is 16.0 Å². The third-order valence-corrected chi connectivity index (χ3v) is 5.13. The number of hydrogen-bond acceptors (Lipinski definition) is 7. The van der Waals surface area contributed by atoms with Gasteiger partial charge in [0.05, 0.1) is 24.7 Å². The third-order valence-electron chi connectivity index (χ3n) is 5.13. The predicted molar refractivity (Wildman–Crippen MR) is 96.7 cm³/mol. The van der Waals surface area contributed by atoms with Crippen LogP contribution in [0.3, 0.4) is 0 Å². The van der Waals surface area contributed by atoms with Gasteiger partial charge in [0.25, 0.3) is 5.69 Å². The van der Waals surface area contributed by atoms with E-state index in [4.69, 9.17) is 9.47 Å². The quantitative estimate of drug-likeness (QED) is 0.449. The van der Waals surface area contributed by atoms with Crippen LogP contribution in [0.15, 0.2) is 18.2 Å². The second kappa shape index (κ2) is 8.57. The van der Waals surface area contributed by atoms with Crippen molar-refractivity contribution in [1.29, 1.82) is 0 Å². The molecular formula is C18H25N3O5. The van der Waals surface area contributed by atoms with Crippen molar-refractivity contribution >= 4 is 17.2 Å². The normalized spacial score (nSPS) is 22.1. The molecule has 8 nitrogen and oxygen atoms in total. The monoisotopic (exact) mass is 363 g/mol. The molecular weight excluding hydrogens is 338 g/mol. The van der Waals surface area contributed by atoms with Crippen molar-refractivity contribution in [2.24, 2.45) is 5.92 Å². The zero-order valence-corrected chi connectivity index (χ0v) is 15.0. The zero-order valence-electron chi connectivity index (χ0n) is 15.0. The molecule has 1 aromatic rings. The topological polar surface area (TPSA) is 93.9 Å². The fourth-order valence-corrected chi connectivity index (χ4v) is 3.62. The highest BCUT2D eigenvalue weighted by Crippen LogP contribution is 2.28. The van der Waals surface area contributed by atoms with Crippen molar-refractivity contribution in [2.75, 3.05) is 51.4 Å². The number of ketones is 1. The molecule has 1 aromatic carbocycles. The Labute approximate surface area is 152 Å². The predicted octanol–water partition coefficient (Wildman–Crippen LogP) is 1.95. The van der Waals surface area contributed by atoms with Crippen LogP contribution in [-0.2, 0) is 9.47 Å². The molecule has 2 aliphatic rings. The third kappa shape index (κ3) is 4.38. The van der Waals surface area contributed by atoms with Gasteiger partial charge in [-0.05, 0) is 25.5 Å². The van der Waals surface area contributed by atoms with Gasteiger partial charge in [0.2, 0.25) is 0 Å². The van der Waals surface area contributed by atoms with Crippen molar-refractivity contribution in [3.05, 3.63) is 33.9 Å². The fraction of sp³-hybridized carbons (Fsp3) is 0.611. The van der Waals surface area contributed by atoms with Gasteiger partial charge < -0.3 is 14.8 Å². The number of nitrogens with one attached hydrogen (secondary N) is 1. The molecule has 1 N–H and O–H groups in total. The number of rotatable bonds is 7. The Kier molecular flexibility index (Phi) is 6.18. The number of nitrogens with zero attached hydrogens (tertiary/aromatic N) is 2. The average molecular weight is 363 g/mol. The number of benzene rings is 1. The molecule has 2 aliphatic heterocycles. The lowest BCUT2D eigenvalue weighted by molar-refractivity contribution is -0.384. The van der Waals surface area contributed by atoms with E-state index >= 15 is 0 Å². The molecule has 0 amide bonds. The van der Waals surface area contributed by atoms with Gasteiger partial charge in [-0.2, -0.15) is 0 Å². The summed E-state index contributed by atoms with van der Waals surface area (Å²) in [5.74, 6) is 0.213. The van der Waals surface area contributed by atoms with Crippen LogP contribution in [-0.4, -0.2) is 67.7 Å². The van der Waals surface area contributed by atoms with Gasteiger partial charge in [0.1, 0.15) is 5.69 Å². The summed E-state index contributed by atoms with van der Waals surface area (Å²) in [5.41, 5.74) is 0.717. The Hall–Kier alpha value is -2.03. The van der Waals surface area contributed by atoms with Gasteiger partial charge in [0, 0.05) is 49.8 Å². The Morgan fingerprint density at radius 3 is 2.73 bits per heavy atom. The summed E-state index contributed by atoms with van der Waals surface area (Å²) in [6.07, 6.45) is 0.995. The van der Waals surface area contributed by atoms with Crippen LogP contribution in [0.2, 0.25) is 0 Å². The van der Waals surface area contributed by atoms with Gasteiger partial charge in [-0.25, -0.2) is 0 Å².